The SMILES string of the molecule is Nc1ncc(C(F)(F)F)cc1N1CCCCCC1. The molecule has 1 aromatic rings. The lowest BCUT2D eigenvalue weighted by atomic mass is 10.2. The Morgan fingerprint density at radius 3 is 2.28 bits per heavy atom. The number of hydrogen-bond acceptors (Lipinski definition) is 3. The van der Waals surface area contributed by atoms with Gasteiger partial charge in [0.15, 0.2) is 0 Å². The third-order valence-electron chi connectivity index (χ3n) is 3.17. The van der Waals surface area contributed by atoms with E-state index < -0.39 is 11.7 Å². The van der Waals surface area contributed by atoms with E-state index >= 15 is 0 Å². The van der Waals surface area contributed by atoms with Crippen LogP contribution in [0.2, 0.25) is 0 Å². The molecule has 6 heteroatoms. The lowest BCUT2D eigenvalue weighted by molar-refractivity contribution is -0.137. The number of halogens is 3. The van der Waals surface area contributed by atoms with Crippen molar-refractivity contribution in [3.05, 3.63) is 17.8 Å². The summed E-state index contributed by atoms with van der Waals surface area (Å²) in [6.07, 6.45) is 0.606. The van der Waals surface area contributed by atoms with Gasteiger partial charge in [0.2, 0.25) is 0 Å². The van der Waals surface area contributed by atoms with E-state index in [1.807, 2.05) is 4.90 Å². The molecule has 0 unspecified atom stereocenters. The van der Waals surface area contributed by atoms with Crippen LogP contribution in [0.3, 0.4) is 0 Å². The van der Waals surface area contributed by atoms with Crippen molar-refractivity contribution in [1.82, 2.24) is 4.98 Å². The molecular weight excluding hydrogens is 243 g/mol. The summed E-state index contributed by atoms with van der Waals surface area (Å²) in [5.41, 5.74) is 5.36. The van der Waals surface area contributed by atoms with Crippen LogP contribution in [0, 0.1) is 0 Å². The summed E-state index contributed by atoms with van der Waals surface area (Å²) in [6.45, 7) is 1.49. The number of pyridine rings is 1. The summed E-state index contributed by atoms with van der Waals surface area (Å²) < 4.78 is 37.9. The van der Waals surface area contributed by atoms with Crippen molar-refractivity contribution < 1.29 is 13.2 Å². The second-order valence-electron chi connectivity index (χ2n) is 4.53. The lowest BCUT2D eigenvalue weighted by Gasteiger charge is -2.24. The van der Waals surface area contributed by atoms with Crippen molar-refractivity contribution in [2.24, 2.45) is 0 Å². The average molecular weight is 259 g/mol. The summed E-state index contributed by atoms with van der Waals surface area (Å²) in [6, 6.07) is 1.10. The number of aromatic nitrogens is 1. The Balaban J connectivity index is 2.30. The van der Waals surface area contributed by atoms with E-state index in [2.05, 4.69) is 4.98 Å². The number of alkyl halides is 3. The van der Waals surface area contributed by atoms with E-state index in [9.17, 15) is 13.2 Å². The van der Waals surface area contributed by atoms with Crippen LogP contribution < -0.4 is 10.6 Å². The third-order valence-corrected chi connectivity index (χ3v) is 3.17. The van der Waals surface area contributed by atoms with Crippen LogP contribution in [-0.2, 0) is 6.18 Å². The Morgan fingerprint density at radius 1 is 1.11 bits per heavy atom. The van der Waals surface area contributed by atoms with Crippen LogP contribution in [0.25, 0.3) is 0 Å². The zero-order valence-corrected chi connectivity index (χ0v) is 10.0. The third kappa shape index (κ3) is 2.86. The molecule has 0 aliphatic carbocycles. The maximum atomic E-state index is 12.6. The van der Waals surface area contributed by atoms with Crippen molar-refractivity contribution in [1.29, 1.82) is 0 Å². The highest BCUT2D eigenvalue weighted by Crippen LogP contribution is 2.33. The van der Waals surface area contributed by atoms with Gasteiger partial charge in [0.25, 0.3) is 0 Å². The first-order valence-electron chi connectivity index (χ1n) is 6.06. The van der Waals surface area contributed by atoms with Gasteiger partial charge in [-0.25, -0.2) is 4.98 Å². The molecule has 0 saturated carbocycles. The molecule has 3 nitrogen and oxygen atoms in total. The molecule has 0 aromatic carbocycles. The van der Waals surface area contributed by atoms with Gasteiger partial charge in [-0.05, 0) is 18.9 Å². The number of anilines is 2. The summed E-state index contributed by atoms with van der Waals surface area (Å²) in [4.78, 5) is 5.57. The van der Waals surface area contributed by atoms with Gasteiger partial charge in [0, 0.05) is 19.3 Å². The van der Waals surface area contributed by atoms with Gasteiger partial charge >= 0.3 is 6.18 Å². The first kappa shape index (κ1) is 13.0. The van der Waals surface area contributed by atoms with Gasteiger partial charge in [-0.3, -0.25) is 0 Å². The van der Waals surface area contributed by atoms with Crippen molar-refractivity contribution >= 4 is 11.5 Å². The zero-order valence-electron chi connectivity index (χ0n) is 10.0. The molecule has 1 saturated heterocycles. The average Bonchev–Trinajstić information content (AvgIpc) is 2.56. The molecule has 0 bridgehead atoms. The molecule has 1 aliphatic heterocycles. The fraction of sp³-hybridized carbons (Fsp3) is 0.583. The molecule has 0 spiro atoms. The predicted octanol–water partition coefficient (Wildman–Crippen LogP) is 3.06. The van der Waals surface area contributed by atoms with E-state index in [1.165, 1.54) is 0 Å². The lowest BCUT2D eigenvalue weighted by Crippen LogP contribution is -2.25. The van der Waals surface area contributed by atoms with Gasteiger partial charge in [-0.1, -0.05) is 12.8 Å². The number of nitrogens with zero attached hydrogens (tertiary/aromatic N) is 2. The molecule has 1 fully saturated rings. The van der Waals surface area contributed by atoms with Gasteiger partial charge in [0.1, 0.15) is 5.82 Å². The van der Waals surface area contributed by atoms with Gasteiger partial charge < -0.3 is 10.6 Å². The van der Waals surface area contributed by atoms with E-state index in [4.69, 9.17) is 5.73 Å². The first-order chi connectivity index (χ1) is 8.48. The molecule has 0 amide bonds. The fourth-order valence-corrected chi connectivity index (χ4v) is 2.18. The highest BCUT2D eigenvalue weighted by molar-refractivity contribution is 5.64. The highest BCUT2D eigenvalue weighted by atomic mass is 19.4. The van der Waals surface area contributed by atoms with Crippen LogP contribution >= 0.6 is 0 Å². The predicted molar refractivity (Wildman–Crippen MR) is 64.3 cm³/mol. The monoisotopic (exact) mass is 259 g/mol. The molecule has 2 heterocycles. The number of rotatable bonds is 1. The highest BCUT2D eigenvalue weighted by Gasteiger charge is 2.32. The quantitative estimate of drug-likeness (QED) is 0.842. The summed E-state index contributed by atoms with van der Waals surface area (Å²) in [5, 5.41) is 0. The molecule has 0 atom stereocenters. The number of hydrogen-bond donors (Lipinski definition) is 1. The standard InChI is InChI=1S/C12H16F3N3/c13-12(14,15)9-7-10(11(16)17-8-9)18-5-3-1-2-4-6-18/h7-8H,1-6H2,(H2,16,17). The molecule has 2 N–H and O–H groups in total. The summed E-state index contributed by atoms with van der Waals surface area (Å²) >= 11 is 0. The van der Waals surface area contributed by atoms with Crippen molar-refractivity contribution in [3.63, 3.8) is 0 Å². The minimum absolute atomic E-state index is 0.171. The number of nitrogen functional groups attached to an aromatic ring is 1. The Kier molecular flexibility index (Phi) is 3.63. The fourth-order valence-electron chi connectivity index (χ4n) is 2.18. The Bertz CT molecular complexity index is 410. The van der Waals surface area contributed by atoms with Crippen LogP contribution in [0.4, 0.5) is 24.7 Å². The maximum absolute atomic E-state index is 12.6. The minimum atomic E-state index is -4.37. The maximum Gasteiger partial charge on any atom is 0.417 e. The summed E-state index contributed by atoms with van der Waals surface area (Å²) in [5.74, 6) is 0.171. The van der Waals surface area contributed by atoms with Gasteiger partial charge in [-0.2, -0.15) is 13.2 Å². The molecule has 1 aromatic heterocycles. The van der Waals surface area contributed by atoms with Crippen LogP contribution in [0.1, 0.15) is 31.2 Å². The number of nitrogens with two attached hydrogens (primary N) is 1. The largest absolute Gasteiger partial charge is 0.417 e. The smallest absolute Gasteiger partial charge is 0.382 e. The Morgan fingerprint density at radius 2 is 1.72 bits per heavy atom. The van der Waals surface area contributed by atoms with Crippen LogP contribution in [0.5, 0.6) is 0 Å². The molecule has 0 radical (unpaired) electrons. The normalized spacial score (nSPS) is 17.6. The van der Waals surface area contributed by atoms with Crippen molar-refractivity contribution in [3.8, 4) is 0 Å². The van der Waals surface area contributed by atoms with E-state index in [0.717, 1.165) is 51.0 Å². The van der Waals surface area contributed by atoms with E-state index in [0.29, 0.717) is 5.69 Å². The first-order valence-corrected chi connectivity index (χ1v) is 6.06. The molecule has 2 rings (SSSR count). The zero-order chi connectivity index (χ0) is 13.2. The van der Waals surface area contributed by atoms with Crippen LogP contribution in [0.15, 0.2) is 12.3 Å². The van der Waals surface area contributed by atoms with Gasteiger partial charge in [-0.15, -0.1) is 0 Å². The minimum Gasteiger partial charge on any atom is -0.382 e. The topological polar surface area (TPSA) is 42.1 Å². The van der Waals surface area contributed by atoms with Crippen molar-refractivity contribution in [2.45, 2.75) is 31.9 Å². The summed E-state index contributed by atoms with van der Waals surface area (Å²) in [7, 11) is 0. The molecule has 18 heavy (non-hydrogen) atoms. The van der Waals surface area contributed by atoms with Crippen LogP contribution in [-0.4, -0.2) is 18.1 Å². The molecular formula is C12H16F3N3. The van der Waals surface area contributed by atoms with Crippen molar-refractivity contribution in [2.75, 3.05) is 23.7 Å². The van der Waals surface area contributed by atoms with E-state index in [1.54, 1.807) is 0 Å². The second-order valence-corrected chi connectivity index (χ2v) is 4.53. The molecule has 1 aliphatic rings. The van der Waals surface area contributed by atoms with E-state index in [-0.39, 0.29) is 5.82 Å². The molecule has 100 valence electrons. The Hall–Kier alpha value is -1.46. The Labute approximate surface area is 104 Å². The van der Waals surface area contributed by atoms with Gasteiger partial charge in [0.05, 0.1) is 11.3 Å². The second kappa shape index (κ2) is 5.04.